The van der Waals surface area contributed by atoms with Crippen molar-refractivity contribution >= 4 is 11.9 Å². The molecule has 0 aliphatic heterocycles. The Morgan fingerprint density at radius 1 is 1.33 bits per heavy atom. The molecule has 1 saturated carbocycles. The van der Waals surface area contributed by atoms with E-state index >= 15 is 0 Å². The Balaban J connectivity index is 2.49. The summed E-state index contributed by atoms with van der Waals surface area (Å²) in [6.45, 7) is 4.05. The van der Waals surface area contributed by atoms with Crippen molar-refractivity contribution in [2.45, 2.75) is 58.0 Å². The van der Waals surface area contributed by atoms with Crippen molar-refractivity contribution in [1.82, 2.24) is 5.32 Å². The van der Waals surface area contributed by atoms with Gasteiger partial charge in [0.05, 0.1) is 6.61 Å². The number of ether oxygens (including phenoxy) is 1. The minimum atomic E-state index is -1.20. The van der Waals surface area contributed by atoms with Crippen LogP contribution in [0.4, 0.5) is 0 Å². The Hall–Kier alpha value is -1.10. The molecular weight excluding hydrogens is 232 g/mol. The molecule has 0 radical (unpaired) electrons. The van der Waals surface area contributed by atoms with Gasteiger partial charge in [-0.2, -0.15) is 0 Å². The predicted molar refractivity (Wildman–Crippen MR) is 68.8 cm³/mol. The third-order valence-corrected chi connectivity index (χ3v) is 3.58. The highest BCUT2D eigenvalue weighted by atomic mass is 16.5. The van der Waals surface area contributed by atoms with E-state index in [1.807, 2.05) is 0 Å². The van der Waals surface area contributed by atoms with E-state index in [0.717, 1.165) is 25.7 Å². The number of esters is 1. The van der Waals surface area contributed by atoms with E-state index < -0.39 is 17.9 Å². The van der Waals surface area contributed by atoms with Gasteiger partial charge < -0.3 is 15.8 Å². The van der Waals surface area contributed by atoms with Crippen molar-refractivity contribution in [3.05, 3.63) is 0 Å². The molecule has 1 aliphatic rings. The van der Waals surface area contributed by atoms with Gasteiger partial charge in [0.15, 0.2) is 6.04 Å². The normalized spacial score (nSPS) is 25.3. The van der Waals surface area contributed by atoms with Crippen LogP contribution in [0.2, 0.25) is 0 Å². The Kier molecular flexibility index (Phi) is 6.12. The topological polar surface area (TPSA) is 81.4 Å². The zero-order valence-electron chi connectivity index (χ0n) is 11.3. The quantitative estimate of drug-likeness (QED) is 0.567. The first kappa shape index (κ1) is 15.0. The van der Waals surface area contributed by atoms with Crippen LogP contribution in [0.15, 0.2) is 0 Å². The SMILES string of the molecule is CCOC(=O)C(N)C(=O)NC1CCCCC1CC. The number of nitrogens with two attached hydrogens (primary N) is 1. The molecular formula is C13H24N2O3. The first-order valence-electron chi connectivity index (χ1n) is 6.82. The molecule has 3 atom stereocenters. The van der Waals surface area contributed by atoms with Crippen molar-refractivity contribution in [1.29, 1.82) is 0 Å². The van der Waals surface area contributed by atoms with Crippen molar-refractivity contribution in [3.63, 3.8) is 0 Å². The molecule has 5 heteroatoms. The molecule has 1 aliphatic carbocycles. The molecule has 0 aromatic rings. The number of hydrogen-bond donors (Lipinski definition) is 2. The van der Waals surface area contributed by atoms with Crippen molar-refractivity contribution in [2.75, 3.05) is 6.61 Å². The second-order valence-electron chi connectivity index (χ2n) is 4.80. The third-order valence-electron chi connectivity index (χ3n) is 3.58. The van der Waals surface area contributed by atoms with E-state index in [0.29, 0.717) is 5.92 Å². The number of nitrogens with one attached hydrogen (secondary N) is 1. The van der Waals surface area contributed by atoms with Gasteiger partial charge in [-0.05, 0) is 25.7 Å². The van der Waals surface area contributed by atoms with E-state index in [1.54, 1.807) is 6.92 Å². The van der Waals surface area contributed by atoms with Gasteiger partial charge >= 0.3 is 5.97 Å². The van der Waals surface area contributed by atoms with Crippen molar-refractivity contribution in [3.8, 4) is 0 Å². The fourth-order valence-corrected chi connectivity index (χ4v) is 2.50. The summed E-state index contributed by atoms with van der Waals surface area (Å²) < 4.78 is 4.74. The number of hydrogen-bond acceptors (Lipinski definition) is 4. The second kappa shape index (κ2) is 7.36. The molecule has 1 fully saturated rings. The summed E-state index contributed by atoms with van der Waals surface area (Å²) in [6, 6.07) is -1.05. The summed E-state index contributed by atoms with van der Waals surface area (Å²) >= 11 is 0. The van der Waals surface area contributed by atoms with Crippen LogP contribution >= 0.6 is 0 Å². The molecule has 3 N–H and O–H groups in total. The standard InChI is InChI=1S/C13H24N2O3/c1-3-9-7-5-6-8-10(9)15-12(16)11(14)13(17)18-4-2/h9-11H,3-8,14H2,1-2H3,(H,15,16). The molecule has 0 spiro atoms. The van der Waals surface area contributed by atoms with Gasteiger partial charge in [0, 0.05) is 6.04 Å². The van der Waals surface area contributed by atoms with Crippen molar-refractivity contribution < 1.29 is 14.3 Å². The lowest BCUT2D eigenvalue weighted by Gasteiger charge is -2.32. The monoisotopic (exact) mass is 256 g/mol. The Bertz CT molecular complexity index is 294. The number of carbonyl (C=O) groups excluding carboxylic acids is 2. The van der Waals surface area contributed by atoms with Crippen LogP contribution in [0.5, 0.6) is 0 Å². The molecule has 0 aromatic carbocycles. The van der Waals surface area contributed by atoms with Gasteiger partial charge in [-0.25, -0.2) is 4.79 Å². The smallest absolute Gasteiger partial charge is 0.332 e. The molecule has 1 amide bonds. The van der Waals surface area contributed by atoms with Gasteiger partial charge in [-0.15, -0.1) is 0 Å². The number of carbonyl (C=O) groups is 2. The van der Waals surface area contributed by atoms with E-state index in [4.69, 9.17) is 10.5 Å². The molecule has 104 valence electrons. The lowest BCUT2D eigenvalue weighted by Crippen LogP contribution is -2.52. The maximum absolute atomic E-state index is 11.9. The maximum Gasteiger partial charge on any atom is 0.332 e. The molecule has 18 heavy (non-hydrogen) atoms. The fraction of sp³-hybridized carbons (Fsp3) is 0.846. The van der Waals surface area contributed by atoms with Gasteiger partial charge in [0.1, 0.15) is 0 Å². The summed E-state index contributed by atoms with van der Waals surface area (Å²) in [4.78, 5) is 23.2. The summed E-state index contributed by atoms with van der Waals surface area (Å²) in [6.07, 6.45) is 5.49. The van der Waals surface area contributed by atoms with Crippen LogP contribution in [0.1, 0.15) is 46.0 Å². The third kappa shape index (κ3) is 3.98. The minimum Gasteiger partial charge on any atom is -0.464 e. The average Bonchev–Trinajstić information content (AvgIpc) is 2.38. The fourth-order valence-electron chi connectivity index (χ4n) is 2.50. The van der Waals surface area contributed by atoms with Crippen LogP contribution in [0, 0.1) is 5.92 Å². The minimum absolute atomic E-state index is 0.150. The summed E-state index contributed by atoms with van der Waals surface area (Å²) in [5, 5.41) is 2.89. The molecule has 3 unspecified atom stereocenters. The average molecular weight is 256 g/mol. The van der Waals surface area contributed by atoms with Gasteiger partial charge in [-0.3, -0.25) is 4.79 Å². The first-order valence-corrected chi connectivity index (χ1v) is 6.82. The molecule has 0 saturated heterocycles. The Morgan fingerprint density at radius 2 is 2.00 bits per heavy atom. The summed E-state index contributed by atoms with van der Waals surface area (Å²) in [5.74, 6) is -0.574. The van der Waals surface area contributed by atoms with Crippen LogP contribution in [-0.2, 0) is 14.3 Å². The molecule has 1 rings (SSSR count). The second-order valence-corrected chi connectivity index (χ2v) is 4.80. The zero-order valence-corrected chi connectivity index (χ0v) is 11.3. The van der Waals surface area contributed by atoms with Gasteiger partial charge in [0.2, 0.25) is 5.91 Å². The van der Waals surface area contributed by atoms with E-state index in [2.05, 4.69) is 12.2 Å². The van der Waals surface area contributed by atoms with Crippen molar-refractivity contribution in [2.24, 2.45) is 11.7 Å². The molecule has 0 heterocycles. The predicted octanol–water partition coefficient (Wildman–Crippen LogP) is 0.962. The Labute approximate surface area is 108 Å². The lowest BCUT2D eigenvalue weighted by molar-refractivity contribution is -0.148. The van der Waals surface area contributed by atoms with Gasteiger partial charge in [0.25, 0.3) is 0 Å². The highest BCUT2D eigenvalue weighted by Crippen LogP contribution is 2.26. The first-order chi connectivity index (χ1) is 8.60. The largest absolute Gasteiger partial charge is 0.464 e. The molecule has 0 bridgehead atoms. The van der Waals surface area contributed by atoms with Crippen LogP contribution < -0.4 is 11.1 Å². The van der Waals surface area contributed by atoms with Crippen LogP contribution in [-0.4, -0.2) is 30.6 Å². The van der Waals surface area contributed by atoms with E-state index in [1.165, 1.54) is 6.42 Å². The van der Waals surface area contributed by atoms with E-state index in [9.17, 15) is 9.59 Å². The van der Waals surface area contributed by atoms with Crippen LogP contribution in [0.3, 0.4) is 0 Å². The summed E-state index contributed by atoms with van der Waals surface area (Å²) in [7, 11) is 0. The summed E-state index contributed by atoms with van der Waals surface area (Å²) in [5.41, 5.74) is 5.56. The molecule has 0 aromatic heterocycles. The highest BCUT2D eigenvalue weighted by molar-refractivity contribution is 6.01. The van der Waals surface area contributed by atoms with E-state index in [-0.39, 0.29) is 12.6 Å². The number of rotatable bonds is 5. The zero-order chi connectivity index (χ0) is 13.5. The number of amides is 1. The highest BCUT2D eigenvalue weighted by Gasteiger charge is 2.29. The lowest BCUT2D eigenvalue weighted by atomic mass is 9.83. The van der Waals surface area contributed by atoms with Gasteiger partial charge in [-0.1, -0.05) is 26.2 Å². The maximum atomic E-state index is 11.9. The van der Waals surface area contributed by atoms with Crippen LogP contribution in [0.25, 0.3) is 0 Å². The molecule has 5 nitrogen and oxygen atoms in total. The Morgan fingerprint density at radius 3 is 2.61 bits per heavy atom.